The van der Waals surface area contributed by atoms with Gasteiger partial charge in [-0.1, -0.05) is 41.5 Å². The van der Waals surface area contributed by atoms with Gasteiger partial charge in [0.2, 0.25) is 8.32 Å². The minimum Gasteiger partial charge on any atom is -0.413 e. The SMILES string of the molecule is CC(C)[Si](O[C@H]1CC[C@H](N)C1)(C(C)C)C(C)C. The van der Waals surface area contributed by atoms with E-state index in [4.69, 9.17) is 10.2 Å². The molecule has 0 saturated heterocycles. The Labute approximate surface area is 108 Å². The maximum atomic E-state index is 6.71. The van der Waals surface area contributed by atoms with E-state index in [0.29, 0.717) is 28.8 Å². The van der Waals surface area contributed by atoms with Crippen LogP contribution in [0, 0.1) is 0 Å². The highest BCUT2D eigenvalue weighted by Gasteiger charge is 2.47. The monoisotopic (exact) mass is 257 g/mol. The summed E-state index contributed by atoms with van der Waals surface area (Å²) in [5.74, 6) is 0. The van der Waals surface area contributed by atoms with Gasteiger partial charge in [0.25, 0.3) is 0 Å². The average Bonchev–Trinajstić information content (AvgIpc) is 2.58. The van der Waals surface area contributed by atoms with Crippen molar-refractivity contribution in [3.05, 3.63) is 0 Å². The summed E-state index contributed by atoms with van der Waals surface area (Å²) in [5.41, 5.74) is 8.05. The smallest absolute Gasteiger partial charge is 0.200 e. The summed E-state index contributed by atoms with van der Waals surface area (Å²) in [6.45, 7) is 14.1. The van der Waals surface area contributed by atoms with E-state index in [1.165, 1.54) is 6.42 Å². The third-order valence-electron chi connectivity index (χ3n) is 4.50. The Balaban J connectivity index is 2.82. The number of hydrogen-bond acceptors (Lipinski definition) is 2. The van der Waals surface area contributed by atoms with Crippen LogP contribution in [-0.2, 0) is 4.43 Å². The van der Waals surface area contributed by atoms with Crippen molar-refractivity contribution in [2.24, 2.45) is 5.73 Å². The fraction of sp³-hybridized carbons (Fsp3) is 1.00. The molecule has 0 aromatic rings. The summed E-state index contributed by atoms with van der Waals surface area (Å²) in [6.07, 6.45) is 3.82. The molecular weight excluding hydrogens is 226 g/mol. The highest BCUT2D eigenvalue weighted by Crippen LogP contribution is 2.44. The first-order valence-corrected chi connectivity index (χ1v) is 9.38. The van der Waals surface area contributed by atoms with Crippen LogP contribution in [0.4, 0.5) is 0 Å². The fourth-order valence-electron chi connectivity index (χ4n) is 3.78. The third kappa shape index (κ3) is 3.12. The highest BCUT2D eigenvalue weighted by molar-refractivity contribution is 6.77. The van der Waals surface area contributed by atoms with Gasteiger partial charge in [0.05, 0.1) is 0 Å². The van der Waals surface area contributed by atoms with Crippen molar-refractivity contribution in [2.75, 3.05) is 0 Å². The topological polar surface area (TPSA) is 35.2 Å². The van der Waals surface area contributed by atoms with Crippen molar-refractivity contribution in [1.29, 1.82) is 0 Å². The zero-order valence-corrected chi connectivity index (χ0v) is 13.5. The molecule has 0 unspecified atom stereocenters. The average molecular weight is 257 g/mol. The Morgan fingerprint density at radius 2 is 1.41 bits per heavy atom. The molecule has 0 spiro atoms. The molecule has 2 atom stereocenters. The Kier molecular flexibility index (Phi) is 5.23. The first-order chi connectivity index (χ1) is 7.80. The minimum absolute atomic E-state index is 0.373. The quantitative estimate of drug-likeness (QED) is 0.754. The van der Waals surface area contributed by atoms with Crippen LogP contribution in [0.25, 0.3) is 0 Å². The van der Waals surface area contributed by atoms with Crippen LogP contribution in [0.1, 0.15) is 60.8 Å². The summed E-state index contributed by atoms with van der Waals surface area (Å²) in [4.78, 5) is 0. The van der Waals surface area contributed by atoms with E-state index in [0.717, 1.165) is 12.8 Å². The molecule has 1 saturated carbocycles. The minimum atomic E-state index is -1.68. The third-order valence-corrected chi connectivity index (χ3v) is 10.7. The van der Waals surface area contributed by atoms with E-state index < -0.39 is 8.32 Å². The van der Waals surface area contributed by atoms with Gasteiger partial charge in [-0.15, -0.1) is 0 Å². The van der Waals surface area contributed by atoms with Crippen LogP contribution in [-0.4, -0.2) is 20.5 Å². The first-order valence-electron chi connectivity index (χ1n) is 7.24. The number of rotatable bonds is 5. The lowest BCUT2D eigenvalue weighted by Gasteiger charge is -2.44. The zero-order valence-electron chi connectivity index (χ0n) is 12.5. The Bertz CT molecular complexity index is 219. The van der Waals surface area contributed by atoms with E-state index in [1.807, 2.05) is 0 Å². The van der Waals surface area contributed by atoms with Gasteiger partial charge >= 0.3 is 0 Å². The van der Waals surface area contributed by atoms with Crippen molar-refractivity contribution >= 4 is 8.32 Å². The van der Waals surface area contributed by atoms with Crippen LogP contribution < -0.4 is 5.73 Å². The van der Waals surface area contributed by atoms with Crippen LogP contribution in [0.5, 0.6) is 0 Å². The second kappa shape index (κ2) is 5.85. The van der Waals surface area contributed by atoms with E-state index in [1.54, 1.807) is 0 Å². The van der Waals surface area contributed by atoms with Crippen molar-refractivity contribution < 1.29 is 4.43 Å². The van der Waals surface area contributed by atoms with E-state index in [2.05, 4.69) is 41.5 Å². The van der Waals surface area contributed by atoms with Crippen molar-refractivity contribution in [1.82, 2.24) is 0 Å². The molecule has 0 bridgehead atoms. The zero-order chi connectivity index (χ0) is 13.2. The summed E-state index contributed by atoms with van der Waals surface area (Å²) in [5, 5.41) is 0. The molecule has 0 radical (unpaired) electrons. The van der Waals surface area contributed by atoms with Gasteiger partial charge in [-0.05, 0) is 35.9 Å². The molecule has 102 valence electrons. The largest absolute Gasteiger partial charge is 0.413 e. The van der Waals surface area contributed by atoms with Crippen molar-refractivity contribution in [3.8, 4) is 0 Å². The predicted octanol–water partition coefficient (Wildman–Crippen LogP) is 4.06. The molecule has 0 heterocycles. The summed E-state index contributed by atoms with van der Waals surface area (Å²) in [7, 11) is -1.68. The molecule has 1 aliphatic carbocycles. The summed E-state index contributed by atoms with van der Waals surface area (Å²) < 4.78 is 6.71. The molecule has 17 heavy (non-hydrogen) atoms. The molecule has 1 aliphatic rings. The highest BCUT2D eigenvalue weighted by atomic mass is 28.4. The van der Waals surface area contributed by atoms with Gasteiger partial charge in [-0.2, -0.15) is 0 Å². The van der Waals surface area contributed by atoms with Crippen LogP contribution in [0.3, 0.4) is 0 Å². The lowest BCUT2D eigenvalue weighted by molar-refractivity contribution is 0.179. The van der Waals surface area contributed by atoms with Gasteiger partial charge < -0.3 is 10.2 Å². The number of hydrogen-bond donors (Lipinski definition) is 1. The Morgan fingerprint density at radius 1 is 0.941 bits per heavy atom. The first kappa shape index (κ1) is 15.2. The van der Waals surface area contributed by atoms with Gasteiger partial charge in [0.15, 0.2) is 0 Å². The van der Waals surface area contributed by atoms with Gasteiger partial charge in [-0.3, -0.25) is 0 Å². The second-order valence-electron chi connectivity index (χ2n) is 6.63. The van der Waals surface area contributed by atoms with E-state index in [-0.39, 0.29) is 0 Å². The molecule has 0 amide bonds. The van der Waals surface area contributed by atoms with Crippen LogP contribution >= 0.6 is 0 Å². The Morgan fingerprint density at radius 3 is 1.71 bits per heavy atom. The molecule has 0 aliphatic heterocycles. The summed E-state index contributed by atoms with van der Waals surface area (Å²) >= 11 is 0. The normalized spacial score (nSPS) is 26.5. The standard InChI is InChI=1S/C14H31NOSi/c1-10(2)17(11(3)4,12(5)6)16-14-8-7-13(15)9-14/h10-14H,7-9,15H2,1-6H3/t13-,14-/m0/s1. The molecular formula is C14H31NOSi. The van der Waals surface area contributed by atoms with Crippen molar-refractivity contribution in [2.45, 2.75) is 89.6 Å². The molecule has 3 heteroatoms. The van der Waals surface area contributed by atoms with E-state index in [9.17, 15) is 0 Å². The summed E-state index contributed by atoms with van der Waals surface area (Å²) in [6, 6.07) is 0.373. The molecule has 1 rings (SSSR count). The van der Waals surface area contributed by atoms with Gasteiger partial charge in [0.1, 0.15) is 0 Å². The Hall–Kier alpha value is 0.137. The molecule has 1 fully saturated rings. The van der Waals surface area contributed by atoms with Gasteiger partial charge in [0, 0.05) is 12.1 Å². The molecule has 2 nitrogen and oxygen atoms in total. The van der Waals surface area contributed by atoms with E-state index >= 15 is 0 Å². The maximum absolute atomic E-state index is 6.71. The molecule has 0 aromatic carbocycles. The lowest BCUT2D eigenvalue weighted by atomic mass is 10.3. The van der Waals surface area contributed by atoms with Crippen LogP contribution in [0.15, 0.2) is 0 Å². The maximum Gasteiger partial charge on any atom is 0.200 e. The fourth-order valence-corrected chi connectivity index (χ4v) is 9.39. The number of nitrogens with two attached hydrogens (primary N) is 1. The van der Waals surface area contributed by atoms with Gasteiger partial charge in [-0.25, -0.2) is 0 Å². The van der Waals surface area contributed by atoms with Crippen molar-refractivity contribution in [3.63, 3.8) is 0 Å². The second-order valence-corrected chi connectivity index (χ2v) is 12.0. The van der Waals surface area contributed by atoms with Crippen LogP contribution in [0.2, 0.25) is 16.6 Å². The molecule has 0 aromatic heterocycles. The predicted molar refractivity (Wildman–Crippen MR) is 77.7 cm³/mol. The molecule has 2 N–H and O–H groups in total. The lowest BCUT2D eigenvalue weighted by Crippen LogP contribution is -2.50.